The second kappa shape index (κ2) is 7.33. The quantitative estimate of drug-likeness (QED) is 0.523. The highest BCUT2D eigenvalue weighted by atomic mass is 19.4. The van der Waals surface area contributed by atoms with Crippen LogP contribution in [0.2, 0.25) is 0 Å². The lowest BCUT2D eigenvalue weighted by Crippen LogP contribution is -2.47. The molecule has 0 bridgehead atoms. The number of alkyl halides is 3. The maximum Gasteiger partial charge on any atom is 0.416 e. The van der Waals surface area contributed by atoms with Crippen molar-refractivity contribution >= 4 is 33.4 Å². The molecule has 1 saturated heterocycles. The highest BCUT2D eigenvalue weighted by Crippen LogP contribution is 2.34. The van der Waals surface area contributed by atoms with E-state index in [1.54, 1.807) is 19.5 Å². The van der Waals surface area contributed by atoms with Crippen LogP contribution in [0.3, 0.4) is 0 Å². The van der Waals surface area contributed by atoms with Gasteiger partial charge in [-0.15, -0.1) is 0 Å². The van der Waals surface area contributed by atoms with Crippen LogP contribution >= 0.6 is 0 Å². The van der Waals surface area contributed by atoms with Gasteiger partial charge in [-0.2, -0.15) is 13.2 Å². The molecule has 0 aliphatic carbocycles. The molecule has 6 nitrogen and oxygen atoms in total. The molecule has 4 aromatic rings. The first kappa shape index (κ1) is 19.5. The molecule has 1 N–H and O–H groups in total. The largest absolute Gasteiger partial charge is 0.497 e. The van der Waals surface area contributed by atoms with Crippen LogP contribution in [0.1, 0.15) is 5.56 Å². The van der Waals surface area contributed by atoms with E-state index in [1.165, 1.54) is 12.1 Å². The number of methoxy groups -OCH3 is 1. The number of nitrogens with zero attached hydrogens (tertiary/aromatic N) is 4. The molecule has 31 heavy (non-hydrogen) atoms. The lowest BCUT2D eigenvalue weighted by molar-refractivity contribution is -0.137. The predicted molar refractivity (Wildman–Crippen MR) is 114 cm³/mol. The summed E-state index contributed by atoms with van der Waals surface area (Å²) in [6.07, 6.45) is -2.80. The SMILES string of the molecule is COc1ccc2[nH]c3c(N4CCN(c5cccc(C(F)(F)F)c5)CC4)ncnc3c2c1. The lowest BCUT2D eigenvalue weighted by Gasteiger charge is -2.37. The van der Waals surface area contributed by atoms with Gasteiger partial charge in [-0.05, 0) is 36.4 Å². The maximum absolute atomic E-state index is 13.1. The van der Waals surface area contributed by atoms with E-state index >= 15 is 0 Å². The van der Waals surface area contributed by atoms with Crippen molar-refractivity contribution in [3.8, 4) is 5.75 Å². The van der Waals surface area contributed by atoms with Gasteiger partial charge in [0.05, 0.1) is 12.7 Å². The summed E-state index contributed by atoms with van der Waals surface area (Å²) in [4.78, 5) is 16.5. The van der Waals surface area contributed by atoms with Crippen molar-refractivity contribution in [3.05, 3.63) is 54.4 Å². The van der Waals surface area contributed by atoms with Crippen molar-refractivity contribution in [2.75, 3.05) is 43.1 Å². The number of rotatable bonds is 3. The fraction of sp³-hybridized carbons (Fsp3) is 0.273. The number of H-pyrrole nitrogens is 1. The van der Waals surface area contributed by atoms with Crippen LogP contribution in [0, 0.1) is 0 Å². The molecule has 5 rings (SSSR count). The number of hydrogen-bond donors (Lipinski definition) is 1. The predicted octanol–water partition coefficient (Wildman–Crippen LogP) is 4.47. The Kier molecular flexibility index (Phi) is 4.60. The molecule has 0 unspecified atom stereocenters. The molecule has 2 aromatic heterocycles. The number of ether oxygens (including phenoxy) is 1. The molecule has 1 aliphatic heterocycles. The fourth-order valence-electron chi connectivity index (χ4n) is 4.08. The molecule has 1 fully saturated rings. The van der Waals surface area contributed by atoms with Crippen LogP contribution in [0.5, 0.6) is 5.75 Å². The number of aromatic nitrogens is 3. The average molecular weight is 427 g/mol. The van der Waals surface area contributed by atoms with Crippen LogP contribution in [-0.4, -0.2) is 48.2 Å². The molecular weight excluding hydrogens is 407 g/mol. The number of fused-ring (bicyclic) bond motifs is 3. The zero-order valence-electron chi connectivity index (χ0n) is 16.8. The molecule has 0 radical (unpaired) electrons. The minimum Gasteiger partial charge on any atom is -0.497 e. The third kappa shape index (κ3) is 3.49. The van der Waals surface area contributed by atoms with Gasteiger partial charge < -0.3 is 19.5 Å². The minimum absolute atomic E-state index is 0.583. The molecule has 0 amide bonds. The van der Waals surface area contributed by atoms with E-state index in [1.807, 2.05) is 23.1 Å². The minimum atomic E-state index is -4.34. The Morgan fingerprint density at radius 1 is 0.968 bits per heavy atom. The van der Waals surface area contributed by atoms with E-state index in [-0.39, 0.29) is 0 Å². The molecule has 3 heterocycles. The first-order chi connectivity index (χ1) is 14.9. The van der Waals surface area contributed by atoms with Crippen LogP contribution in [0.25, 0.3) is 21.9 Å². The van der Waals surface area contributed by atoms with E-state index < -0.39 is 11.7 Å². The summed E-state index contributed by atoms with van der Waals surface area (Å²) in [5.41, 5.74) is 2.57. The standard InChI is InChI=1S/C22H20F3N5O/c1-31-16-5-6-18-17(12-16)19-20(28-18)21(27-13-26-19)30-9-7-29(8-10-30)15-4-2-3-14(11-15)22(23,24)25/h2-6,11-13,28H,7-10H2,1H3. The number of halogens is 3. The lowest BCUT2D eigenvalue weighted by atomic mass is 10.1. The second-order valence-electron chi connectivity index (χ2n) is 7.48. The number of anilines is 2. The molecule has 0 saturated carbocycles. The third-order valence-electron chi connectivity index (χ3n) is 5.69. The van der Waals surface area contributed by atoms with Crippen LogP contribution < -0.4 is 14.5 Å². The molecular formula is C22H20F3N5O. The summed E-state index contributed by atoms with van der Waals surface area (Å²) in [6.45, 7) is 2.48. The summed E-state index contributed by atoms with van der Waals surface area (Å²) in [5, 5.41) is 0.959. The van der Waals surface area contributed by atoms with Crippen LogP contribution in [0.15, 0.2) is 48.8 Å². The topological polar surface area (TPSA) is 57.3 Å². The van der Waals surface area contributed by atoms with Gasteiger partial charge in [-0.3, -0.25) is 0 Å². The number of piperazine rings is 1. The van der Waals surface area contributed by atoms with Crippen molar-refractivity contribution in [1.82, 2.24) is 15.0 Å². The summed E-state index contributed by atoms with van der Waals surface area (Å²) in [5.74, 6) is 1.55. The Hall–Kier alpha value is -3.49. The highest BCUT2D eigenvalue weighted by Gasteiger charge is 2.31. The Morgan fingerprint density at radius 2 is 1.74 bits per heavy atom. The highest BCUT2D eigenvalue weighted by molar-refractivity contribution is 6.08. The summed E-state index contributed by atoms with van der Waals surface area (Å²) in [7, 11) is 1.63. The normalized spacial score (nSPS) is 15.1. The number of nitrogens with one attached hydrogen (secondary N) is 1. The van der Waals surface area contributed by atoms with E-state index in [0.29, 0.717) is 31.9 Å². The summed E-state index contributed by atoms with van der Waals surface area (Å²) >= 11 is 0. The number of hydrogen-bond acceptors (Lipinski definition) is 5. The van der Waals surface area contributed by atoms with Gasteiger partial charge in [-0.1, -0.05) is 6.07 Å². The van der Waals surface area contributed by atoms with Gasteiger partial charge in [0.25, 0.3) is 0 Å². The fourth-order valence-corrected chi connectivity index (χ4v) is 4.08. The molecule has 160 valence electrons. The van der Waals surface area contributed by atoms with Gasteiger partial charge in [0.2, 0.25) is 0 Å². The average Bonchev–Trinajstić information content (AvgIpc) is 3.16. The Bertz CT molecular complexity index is 1250. The number of aromatic amines is 1. The maximum atomic E-state index is 13.1. The Balaban J connectivity index is 1.41. The smallest absolute Gasteiger partial charge is 0.416 e. The van der Waals surface area contributed by atoms with Crippen molar-refractivity contribution in [2.24, 2.45) is 0 Å². The summed E-state index contributed by atoms with van der Waals surface area (Å²) < 4.78 is 44.5. The van der Waals surface area contributed by atoms with Crippen molar-refractivity contribution < 1.29 is 17.9 Å². The second-order valence-corrected chi connectivity index (χ2v) is 7.48. The van der Waals surface area contributed by atoms with Gasteiger partial charge in [0.1, 0.15) is 23.1 Å². The van der Waals surface area contributed by atoms with Gasteiger partial charge in [0, 0.05) is 42.8 Å². The van der Waals surface area contributed by atoms with E-state index in [0.717, 1.165) is 39.6 Å². The summed E-state index contributed by atoms with van der Waals surface area (Å²) in [6, 6.07) is 11.3. The molecule has 0 spiro atoms. The van der Waals surface area contributed by atoms with Gasteiger partial charge >= 0.3 is 6.18 Å². The first-order valence-corrected chi connectivity index (χ1v) is 9.91. The zero-order chi connectivity index (χ0) is 21.6. The van der Waals surface area contributed by atoms with E-state index in [2.05, 4.69) is 19.9 Å². The molecule has 0 atom stereocenters. The van der Waals surface area contributed by atoms with Crippen LogP contribution in [0.4, 0.5) is 24.7 Å². The third-order valence-corrected chi connectivity index (χ3v) is 5.69. The van der Waals surface area contributed by atoms with Gasteiger partial charge in [0.15, 0.2) is 5.82 Å². The van der Waals surface area contributed by atoms with E-state index in [9.17, 15) is 13.2 Å². The zero-order valence-corrected chi connectivity index (χ0v) is 16.8. The van der Waals surface area contributed by atoms with Crippen molar-refractivity contribution in [2.45, 2.75) is 6.18 Å². The monoisotopic (exact) mass is 427 g/mol. The molecule has 1 aliphatic rings. The Labute approximate surface area is 176 Å². The van der Waals surface area contributed by atoms with Gasteiger partial charge in [-0.25, -0.2) is 9.97 Å². The number of benzene rings is 2. The molecule has 9 heteroatoms. The van der Waals surface area contributed by atoms with Crippen LogP contribution in [-0.2, 0) is 6.18 Å². The van der Waals surface area contributed by atoms with Crippen molar-refractivity contribution in [1.29, 1.82) is 0 Å². The first-order valence-electron chi connectivity index (χ1n) is 9.91. The van der Waals surface area contributed by atoms with E-state index in [4.69, 9.17) is 4.74 Å². The van der Waals surface area contributed by atoms with Crippen molar-refractivity contribution in [3.63, 3.8) is 0 Å². The Morgan fingerprint density at radius 3 is 2.48 bits per heavy atom. The molecule has 2 aromatic carbocycles.